The Kier molecular flexibility index (Phi) is 6.51. The Morgan fingerprint density at radius 3 is 1.41 bits per heavy atom. The highest BCUT2D eigenvalue weighted by molar-refractivity contribution is 5.06. The van der Waals surface area contributed by atoms with Crippen LogP contribution >= 0.6 is 0 Å². The van der Waals surface area contributed by atoms with E-state index in [1.165, 1.54) is 25.3 Å². The van der Waals surface area contributed by atoms with Crippen molar-refractivity contribution >= 4 is 0 Å². The van der Waals surface area contributed by atoms with E-state index in [9.17, 15) is 0 Å². The van der Waals surface area contributed by atoms with Crippen LogP contribution in [0.15, 0.2) is 61.2 Å². The molecule has 2 aliphatic carbocycles. The molecule has 3 rings (SSSR count). The highest BCUT2D eigenvalue weighted by atomic mass is 14.3. The van der Waals surface area contributed by atoms with E-state index < -0.39 is 0 Å². The fourth-order valence-electron chi connectivity index (χ4n) is 2.10. The minimum Gasteiger partial charge on any atom is -0.193 e. The van der Waals surface area contributed by atoms with Crippen LogP contribution in [0.4, 0.5) is 0 Å². The van der Waals surface area contributed by atoms with Gasteiger partial charge in [-0.2, -0.15) is 5.26 Å². The Labute approximate surface area is 104 Å². The average molecular weight is 225 g/mol. The molecule has 0 saturated heterocycles. The van der Waals surface area contributed by atoms with E-state index in [-0.39, 0.29) is 0 Å². The summed E-state index contributed by atoms with van der Waals surface area (Å²) in [6, 6.07) is 13.7. The van der Waals surface area contributed by atoms with Gasteiger partial charge in [-0.15, -0.1) is 0 Å². The largest absolute Gasteiger partial charge is 0.193 e. The molecule has 0 heterocycles. The minimum atomic E-state index is 0.991. The van der Waals surface area contributed by atoms with Crippen molar-refractivity contribution < 1.29 is 0 Å². The third-order valence-corrected chi connectivity index (χ3v) is 2.93. The van der Waals surface area contributed by atoms with Crippen molar-refractivity contribution in [1.82, 2.24) is 0 Å². The number of hydrogen-bond acceptors (Lipinski definition) is 1. The lowest BCUT2D eigenvalue weighted by Gasteiger charge is -1.96. The van der Waals surface area contributed by atoms with Crippen molar-refractivity contribution in [2.24, 2.45) is 11.8 Å². The Morgan fingerprint density at radius 2 is 1.29 bits per heavy atom. The molecule has 0 aromatic heterocycles. The van der Waals surface area contributed by atoms with Crippen molar-refractivity contribution in [3.8, 4) is 6.07 Å². The molecule has 0 radical (unpaired) electrons. The second-order valence-corrected chi connectivity index (χ2v) is 4.21. The molecule has 2 bridgehead atoms. The molecule has 1 nitrogen and oxygen atoms in total. The van der Waals surface area contributed by atoms with Crippen LogP contribution in [0.1, 0.15) is 19.3 Å². The van der Waals surface area contributed by atoms with E-state index in [1.807, 2.05) is 36.4 Å². The van der Waals surface area contributed by atoms with E-state index >= 15 is 0 Å². The molecule has 0 N–H and O–H groups in total. The number of hydrogen-bond donors (Lipinski definition) is 0. The van der Waals surface area contributed by atoms with Crippen LogP contribution in [-0.4, -0.2) is 0 Å². The normalized spacial score (nSPS) is 22.5. The van der Waals surface area contributed by atoms with Crippen molar-refractivity contribution in [2.75, 3.05) is 0 Å². The molecule has 1 saturated carbocycles. The van der Waals surface area contributed by atoms with Gasteiger partial charge in [-0.05, 0) is 31.1 Å². The second kappa shape index (κ2) is 8.35. The molecule has 1 aromatic carbocycles. The summed E-state index contributed by atoms with van der Waals surface area (Å²) < 4.78 is 0. The standard InChI is InChI=1S/C7H10.C6H6.C3H3N/c1-2-7-4-3-6(1)5-7;1-2-4-6-5-3-1;1-2-3-4/h1-2,6-7H,3-5H2;1-6H;2H,1H2. The number of rotatable bonds is 0. The van der Waals surface area contributed by atoms with Gasteiger partial charge >= 0.3 is 0 Å². The van der Waals surface area contributed by atoms with Crippen molar-refractivity contribution in [3.63, 3.8) is 0 Å². The Morgan fingerprint density at radius 1 is 0.941 bits per heavy atom. The molecule has 88 valence electrons. The molecule has 2 aliphatic rings. The Hall–Kier alpha value is -1.81. The van der Waals surface area contributed by atoms with Gasteiger partial charge in [-0.25, -0.2) is 0 Å². The monoisotopic (exact) mass is 225 g/mol. The summed E-state index contributed by atoms with van der Waals surface area (Å²) in [5.41, 5.74) is 0. The van der Waals surface area contributed by atoms with Crippen LogP contribution in [0.2, 0.25) is 0 Å². The van der Waals surface area contributed by atoms with Gasteiger partial charge < -0.3 is 0 Å². The van der Waals surface area contributed by atoms with Crippen LogP contribution in [0.5, 0.6) is 0 Å². The van der Waals surface area contributed by atoms with E-state index in [1.54, 1.807) is 6.07 Å². The maximum Gasteiger partial charge on any atom is 0.0905 e. The van der Waals surface area contributed by atoms with E-state index in [0.717, 1.165) is 11.8 Å². The first kappa shape index (κ1) is 13.3. The summed E-state index contributed by atoms with van der Waals surface area (Å²) in [5.74, 6) is 1.98. The van der Waals surface area contributed by atoms with E-state index in [2.05, 4.69) is 18.7 Å². The first-order chi connectivity index (χ1) is 8.36. The van der Waals surface area contributed by atoms with Gasteiger partial charge in [0.25, 0.3) is 0 Å². The zero-order valence-electron chi connectivity index (χ0n) is 10.1. The van der Waals surface area contributed by atoms with Gasteiger partial charge in [0.15, 0.2) is 0 Å². The van der Waals surface area contributed by atoms with E-state index in [0.29, 0.717) is 0 Å². The minimum absolute atomic E-state index is 0.991. The number of nitriles is 1. The van der Waals surface area contributed by atoms with Gasteiger partial charge in [0.1, 0.15) is 0 Å². The quantitative estimate of drug-likeness (QED) is 0.475. The molecule has 0 aliphatic heterocycles. The zero-order chi connectivity index (χ0) is 12.3. The molecule has 2 unspecified atom stereocenters. The average Bonchev–Trinajstić information content (AvgIpc) is 3.07. The predicted molar refractivity (Wildman–Crippen MR) is 72.2 cm³/mol. The summed E-state index contributed by atoms with van der Waals surface area (Å²) >= 11 is 0. The van der Waals surface area contributed by atoms with Gasteiger partial charge in [-0.1, -0.05) is 55.1 Å². The molecular formula is C16H19N. The third-order valence-electron chi connectivity index (χ3n) is 2.93. The molecular weight excluding hydrogens is 206 g/mol. The van der Waals surface area contributed by atoms with Gasteiger partial charge in [-0.3, -0.25) is 0 Å². The third kappa shape index (κ3) is 5.73. The molecule has 1 heteroatoms. The van der Waals surface area contributed by atoms with Gasteiger partial charge in [0, 0.05) is 6.08 Å². The topological polar surface area (TPSA) is 23.8 Å². The molecule has 0 amide bonds. The van der Waals surface area contributed by atoms with Crippen LogP contribution in [-0.2, 0) is 0 Å². The predicted octanol–water partition coefficient (Wildman–Crippen LogP) is 4.36. The maximum absolute atomic E-state index is 7.51. The summed E-state index contributed by atoms with van der Waals surface area (Å²) in [7, 11) is 0. The highest BCUT2D eigenvalue weighted by Crippen LogP contribution is 2.38. The molecule has 2 atom stereocenters. The first-order valence-corrected chi connectivity index (χ1v) is 6.05. The van der Waals surface area contributed by atoms with Crippen LogP contribution in [0.25, 0.3) is 0 Å². The van der Waals surface area contributed by atoms with Crippen molar-refractivity contribution in [3.05, 3.63) is 61.2 Å². The lowest BCUT2D eigenvalue weighted by atomic mass is 10.1. The van der Waals surface area contributed by atoms with Crippen molar-refractivity contribution in [1.29, 1.82) is 5.26 Å². The van der Waals surface area contributed by atoms with Crippen LogP contribution in [0.3, 0.4) is 0 Å². The maximum atomic E-state index is 7.51. The molecule has 1 fully saturated rings. The highest BCUT2D eigenvalue weighted by Gasteiger charge is 2.25. The SMILES string of the molecule is C1=CC2CCC1C2.C=CC#N.c1ccccc1. The van der Waals surface area contributed by atoms with Crippen molar-refractivity contribution in [2.45, 2.75) is 19.3 Å². The summed E-state index contributed by atoms with van der Waals surface area (Å²) in [5, 5.41) is 7.51. The number of nitrogens with zero attached hydrogens (tertiary/aromatic N) is 1. The smallest absolute Gasteiger partial charge is 0.0905 e. The number of fused-ring (bicyclic) bond motifs is 2. The van der Waals surface area contributed by atoms with Gasteiger partial charge in [0.2, 0.25) is 0 Å². The van der Waals surface area contributed by atoms with Gasteiger partial charge in [0.05, 0.1) is 6.07 Å². The van der Waals surface area contributed by atoms with E-state index in [4.69, 9.17) is 5.26 Å². The number of benzene rings is 1. The van der Waals surface area contributed by atoms with Crippen LogP contribution < -0.4 is 0 Å². The Bertz CT molecular complexity index is 334. The summed E-state index contributed by atoms with van der Waals surface area (Å²) in [4.78, 5) is 0. The molecule has 17 heavy (non-hydrogen) atoms. The second-order valence-electron chi connectivity index (χ2n) is 4.21. The lowest BCUT2D eigenvalue weighted by molar-refractivity contribution is 0.691. The molecule has 0 spiro atoms. The lowest BCUT2D eigenvalue weighted by Crippen LogP contribution is -1.82. The number of allylic oxidation sites excluding steroid dienone is 3. The molecule has 1 aromatic rings. The fourth-order valence-corrected chi connectivity index (χ4v) is 2.10. The zero-order valence-corrected chi connectivity index (χ0v) is 10.1. The summed E-state index contributed by atoms with van der Waals surface area (Å²) in [6.45, 7) is 3.12. The summed E-state index contributed by atoms with van der Waals surface area (Å²) in [6.07, 6.45) is 10.4. The Balaban J connectivity index is 0.000000134. The first-order valence-electron chi connectivity index (χ1n) is 6.05. The van der Waals surface area contributed by atoms with Crippen LogP contribution in [0, 0.1) is 23.2 Å². The fraction of sp³-hybridized carbons (Fsp3) is 0.312.